The first-order valence-electron chi connectivity index (χ1n) is 10.3. The standard InChI is InChI=1S/C20H30FN3O3S/c21-17-7-6-10-19(13-17)28(26,27)24-12-11-16(15-24)14-22-20(25)23-18-8-4-2-1-3-5-9-18/h6-7,10,13,16,18H,1-5,8-9,11-12,14-15H2,(H2,22,23,25). The highest BCUT2D eigenvalue weighted by molar-refractivity contribution is 7.89. The Morgan fingerprint density at radius 2 is 1.82 bits per heavy atom. The van der Waals surface area contributed by atoms with Crippen LogP contribution in [0, 0.1) is 11.7 Å². The van der Waals surface area contributed by atoms with E-state index in [1.54, 1.807) is 0 Å². The van der Waals surface area contributed by atoms with Crippen LogP contribution in [-0.2, 0) is 10.0 Å². The number of sulfonamides is 1. The van der Waals surface area contributed by atoms with E-state index in [4.69, 9.17) is 0 Å². The van der Waals surface area contributed by atoms with E-state index in [0.717, 1.165) is 31.7 Å². The summed E-state index contributed by atoms with van der Waals surface area (Å²) in [7, 11) is -3.70. The lowest BCUT2D eigenvalue weighted by molar-refractivity contribution is 0.232. The van der Waals surface area contributed by atoms with Crippen LogP contribution in [0.3, 0.4) is 0 Å². The molecule has 2 aliphatic rings. The lowest BCUT2D eigenvalue weighted by Gasteiger charge is -2.22. The highest BCUT2D eigenvalue weighted by atomic mass is 32.2. The molecule has 0 radical (unpaired) electrons. The highest BCUT2D eigenvalue weighted by Gasteiger charge is 2.32. The summed E-state index contributed by atoms with van der Waals surface area (Å²) in [4.78, 5) is 12.2. The molecule has 1 aromatic carbocycles. The van der Waals surface area contributed by atoms with E-state index >= 15 is 0 Å². The van der Waals surface area contributed by atoms with Crippen molar-refractivity contribution >= 4 is 16.1 Å². The maximum atomic E-state index is 13.4. The second-order valence-electron chi connectivity index (χ2n) is 7.87. The molecular weight excluding hydrogens is 381 g/mol. The van der Waals surface area contributed by atoms with Crippen LogP contribution >= 0.6 is 0 Å². The summed E-state index contributed by atoms with van der Waals surface area (Å²) in [5.41, 5.74) is 0. The van der Waals surface area contributed by atoms with Crippen LogP contribution in [0.25, 0.3) is 0 Å². The predicted octanol–water partition coefficient (Wildman–Crippen LogP) is 3.25. The van der Waals surface area contributed by atoms with Gasteiger partial charge in [0.1, 0.15) is 5.82 Å². The van der Waals surface area contributed by atoms with Gasteiger partial charge in [0.25, 0.3) is 0 Å². The summed E-state index contributed by atoms with van der Waals surface area (Å²) < 4.78 is 40.1. The molecule has 3 rings (SSSR count). The molecule has 1 saturated heterocycles. The molecule has 28 heavy (non-hydrogen) atoms. The third-order valence-corrected chi connectivity index (χ3v) is 7.54. The molecule has 1 heterocycles. The molecule has 0 bridgehead atoms. The molecule has 1 unspecified atom stereocenters. The van der Waals surface area contributed by atoms with E-state index in [1.807, 2.05) is 0 Å². The Morgan fingerprint density at radius 3 is 2.54 bits per heavy atom. The SMILES string of the molecule is O=C(NCC1CCN(S(=O)(=O)c2cccc(F)c2)C1)NC1CCCCCCC1. The summed E-state index contributed by atoms with van der Waals surface area (Å²) in [6.07, 6.45) is 8.79. The van der Waals surface area contributed by atoms with Gasteiger partial charge in [0.15, 0.2) is 0 Å². The average Bonchev–Trinajstić information content (AvgIpc) is 3.12. The van der Waals surface area contributed by atoms with Crippen LogP contribution in [-0.4, -0.2) is 44.4 Å². The van der Waals surface area contributed by atoms with E-state index < -0.39 is 15.8 Å². The molecule has 8 heteroatoms. The van der Waals surface area contributed by atoms with Crippen LogP contribution in [0.15, 0.2) is 29.2 Å². The zero-order chi connectivity index (χ0) is 20.0. The summed E-state index contributed by atoms with van der Waals surface area (Å²) in [6, 6.07) is 5.14. The number of carbonyl (C=O) groups is 1. The molecule has 6 nitrogen and oxygen atoms in total. The molecule has 1 aliphatic heterocycles. The first kappa shape index (κ1) is 21.0. The van der Waals surface area contributed by atoms with E-state index in [9.17, 15) is 17.6 Å². The van der Waals surface area contributed by atoms with Crippen molar-refractivity contribution in [2.75, 3.05) is 19.6 Å². The number of amides is 2. The van der Waals surface area contributed by atoms with Gasteiger partial charge < -0.3 is 10.6 Å². The Morgan fingerprint density at radius 1 is 1.11 bits per heavy atom. The Bertz CT molecular complexity index is 764. The Labute approximate surface area is 166 Å². The molecule has 1 atom stereocenters. The van der Waals surface area contributed by atoms with Crippen molar-refractivity contribution in [1.82, 2.24) is 14.9 Å². The number of hydrogen-bond donors (Lipinski definition) is 2. The lowest BCUT2D eigenvalue weighted by Crippen LogP contribution is -2.44. The monoisotopic (exact) mass is 411 g/mol. The number of carbonyl (C=O) groups excluding carboxylic acids is 1. The molecule has 1 aromatic rings. The number of hydrogen-bond acceptors (Lipinski definition) is 3. The third kappa shape index (κ3) is 5.67. The van der Waals surface area contributed by atoms with Gasteiger partial charge in [-0.2, -0.15) is 4.31 Å². The molecule has 0 aromatic heterocycles. The van der Waals surface area contributed by atoms with Crippen LogP contribution < -0.4 is 10.6 Å². The topological polar surface area (TPSA) is 78.5 Å². The number of urea groups is 1. The minimum atomic E-state index is -3.70. The maximum absolute atomic E-state index is 13.4. The number of halogens is 1. The van der Waals surface area contributed by atoms with Gasteiger partial charge in [0, 0.05) is 25.7 Å². The first-order chi connectivity index (χ1) is 13.4. The largest absolute Gasteiger partial charge is 0.338 e. The summed E-state index contributed by atoms with van der Waals surface area (Å²) in [5, 5.41) is 5.96. The van der Waals surface area contributed by atoms with Crippen molar-refractivity contribution in [2.45, 2.75) is 62.3 Å². The third-order valence-electron chi connectivity index (χ3n) is 5.67. The van der Waals surface area contributed by atoms with E-state index in [1.165, 1.54) is 41.8 Å². The fourth-order valence-corrected chi connectivity index (χ4v) is 5.60. The van der Waals surface area contributed by atoms with Crippen molar-refractivity contribution in [2.24, 2.45) is 5.92 Å². The second-order valence-corrected chi connectivity index (χ2v) is 9.81. The Balaban J connectivity index is 1.46. The van der Waals surface area contributed by atoms with E-state index in [0.29, 0.717) is 26.1 Å². The van der Waals surface area contributed by atoms with Gasteiger partial charge in [-0.3, -0.25) is 0 Å². The van der Waals surface area contributed by atoms with Crippen LogP contribution in [0.5, 0.6) is 0 Å². The molecule has 156 valence electrons. The summed E-state index contributed by atoms with van der Waals surface area (Å²) >= 11 is 0. The number of nitrogens with zero attached hydrogens (tertiary/aromatic N) is 1. The minimum absolute atomic E-state index is 0.0249. The van der Waals surface area contributed by atoms with Crippen LogP contribution in [0.2, 0.25) is 0 Å². The Kier molecular flexibility index (Phi) is 7.29. The number of nitrogens with one attached hydrogen (secondary N) is 2. The Hall–Kier alpha value is -1.67. The van der Waals surface area contributed by atoms with Gasteiger partial charge in [0.05, 0.1) is 4.90 Å². The van der Waals surface area contributed by atoms with Gasteiger partial charge in [-0.1, -0.05) is 38.2 Å². The van der Waals surface area contributed by atoms with E-state index in [-0.39, 0.29) is 22.9 Å². The minimum Gasteiger partial charge on any atom is -0.338 e. The summed E-state index contributed by atoms with van der Waals surface area (Å²) in [5.74, 6) is -0.504. The molecule has 2 amide bonds. The highest BCUT2D eigenvalue weighted by Crippen LogP contribution is 2.24. The fraction of sp³-hybridized carbons (Fsp3) is 0.650. The molecule has 0 spiro atoms. The van der Waals surface area contributed by atoms with Crippen molar-refractivity contribution in [3.05, 3.63) is 30.1 Å². The van der Waals surface area contributed by atoms with Gasteiger partial charge in [-0.05, 0) is 43.4 Å². The average molecular weight is 412 g/mol. The summed E-state index contributed by atoms with van der Waals surface area (Å²) in [6.45, 7) is 1.16. The first-order valence-corrected chi connectivity index (χ1v) is 11.7. The molecule has 2 fully saturated rings. The smallest absolute Gasteiger partial charge is 0.315 e. The normalized spacial score (nSPS) is 22.4. The van der Waals surface area contributed by atoms with Crippen molar-refractivity contribution in [3.8, 4) is 0 Å². The van der Waals surface area contributed by atoms with Crippen molar-refractivity contribution in [3.63, 3.8) is 0 Å². The maximum Gasteiger partial charge on any atom is 0.315 e. The number of rotatable bonds is 5. The lowest BCUT2D eigenvalue weighted by atomic mass is 9.97. The molecule has 1 saturated carbocycles. The molecular formula is C20H30FN3O3S. The predicted molar refractivity (Wildman–Crippen MR) is 106 cm³/mol. The molecule has 1 aliphatic carbocycles. The quantitative estimate of drug-likeness (QED) is 0.781. The van der Waals surface area contributed by atoms with Gasteiger partial charge in [-0.15, -0.1) is 0 Å². The zero-order valence-corrected chi connectivity index (χ0v) is 17.0. The van der Waals surface area contributed by atoms with Gasteiger partial charge >= 0.3 is 6.03 Å². The van der Waals surface area contributed by atoms with Crippen molar-refractivity contribution in [1.29, 1.82) is 0 Å². The van der Waals surface area contributed by atoms with Crippen LogP contribution in [0.1, 0.15) is 51.4 Å². The number of benzene rings is 1. The van der Waals surface area contributed by atoms with Gasteiger partial charge in [0.2, 0.25) is 10.0 Å². The van der Waals surface area contributed by atoms with E-state index in [2.05, 4.69) is 10.6 Å². The van der Waals surface area contributed by atoms with Crippen LogP contribution in [0.4, 0.5) is 9.18 Å². The van der Waals surface area contributed by atoms with Crippen molar-refractivity contribution < 1.29 is 17.6 Å². The second kappa shape index (κ2) is 9.69. The molecule has 2 N–H and O–H groups in total. The fourth-order valence-electron chi connectivity index (χ4n) is 4.03. The van der Waals surface area contributed by atoms with Gasteiger partial charge in [-0.25, -0.2) is 17.6 Å². The zero-order valence-electron chi connectivity index (χ0n) is 16.2.